The van der Waals surface area contributed by atoms with E-state index in [-0.39, 0.29) is 0 Å². The van der Waals surface area contributed by atoms with E-state index in [0.717, 1.165) is 12.6 Å². The van der Waals surface area contributed by atoms with E-state index < -0.39 is 0 Å². The molecule has 0 bridgehead atoms. The predicted octanol–water partition coefficient (Wildman–Crippen LogP) is 3.98. The Morgan fingerprint density at radius 3 is 2.47 bits per heavy atom. The molecule has 0 heterocycles. The highest BCUT2D eigenvalue weighted by atomic mass is 15.2. The zero-order chi connectivity index (χ0) is 13.8. The van der Waals surface area contributed by atoms with Crippen LogP contribution in [-0.4, -0.2) is 19.1 Å². The molecule has 1 unspecified atom stereocenters. The molecular weight excluding hydrogens is 232 g/mol. The monoisotopic (exact) mass is 260 g/mol. The van der Waals surface area contributed by atoms with Gasteiger partial charge in [0.1, 0.15) is 0 Å². The average molecular weight is 260 g/mol. The minimum Gasteiger partial charge on any atom is -0.368 e. The van der Waals surface area contributed by atoms with Gasteiger partial charge in [0.25, 0.3) is 0 Å². The summed E-state index contributed by atoms with van der Waals surface area (Å²) in [6, 6.07) is 10.1. The molecule has 2 nitrogen and oxygen atoms in total. The molecule has 0 amide bonds. The summed E-state index contributed by atoms with van der Waals surface area (Å²) in [4.78, 5) is 2.63. The Kier molecular flexibility index (Phi) is 4.87. The Hall–Kier alpha value is -1.02. The van der Waals surface area contributed by atoms with Crippen LogP contribution >= 0.6 is 0 Å². The fraction of sp³-hybridized carbons (Fsp3) is 0.647. The molecule has 1 aromatic carbocycles. The Labute approximate surface area is 118 Å². The molecule has 1 saturated carbocycles. The van der Waals surface area contributed by atoms with E-state index in [9.17, 15) is 0 Å². The molecule has 1 N–H and O–H groups in total. The Morgan fingerprint density at radius 2 is 1.89 bits per heavy atom. The van der Waals surface area contributed by atoms with E-state index in [0.29, 0.717) is 12.0 Å². The lowest BCUT2D eigenvalue weighted by molar-refractivity contribution is 0.580. The largest absolute Gasteiger partial charge is 0.368 e. The second kappa shape index (κ2) is 6.42. The molecule has 19 heavy (non-hydrogen) atoms. The van der Waals surface area contributed by atoms with Gasteiger partial charge in [-0.25, -0.2) is 0 Å². The number of nitrogens with zero attached hydrogens (tertiary/aromatic N) is 1. The minimum absolute atomic E-state index is 0.426. The molecule has 0 saturated heterocycles. The Morgan fingerprint density at radius 1 is 1.21 bits per heavy atom. The maximum absolute atomic E-state index is 3.54. The highest BCUT2D eigenvalue weighted by Crippen LogP contribution is 2.36. The van der Waals surface area contributed by atoms with Crippen molar-refractivity contribution in [1.82, 2.24) is 5.32 Å². The fourth-order valence-corrected chi connectivity index (χ4v) is 2.76. The first-order valence-electron chi connectivity index (χ1n) is 7.72. The van der Waals surface area contributed by atoms with Crippen LogP contribution in [0.2, 0.25) is 0 Å². The molecular formula is C17H28N2. The van der Waals surface area contributed by atoms with E-state index in [1.54, 1.807) is 0 Å². The number of hydrogen-bond donors (Lipinski definition) is 1. The van der Waals surface area contributed by atoms with Gasteiger partial charge in [-0.15, -0.1) is 0 Å². The van der Waals surface area contributed by atoms with Gasteiger partial charge in [0.05, 0.1) is 0 Å². The number of para-hydroxylation sites is 1. The zero-order valence-corrected chi connectivity index (χ0v) is 12.8. The van der Waals surface area contributed by atoms with Crippen molar-refractivity contribution in [2.24, 2.45) is 5.92 Å². The predicted molar refractivity (Wildman–Crippen MR) is 83.7 cm³/mol. The highest BCUT2D eigenvalue weighted by Gasteiger charge is 2.31. The van der Waals surface area contributed by atoms with Crippen molar-refractivity contribution in [1.29, 1.82) is 0 Å². The fourth-order valence-electron chi connectivity index (χ4n) is 2.76. The molecule has 1 fully saturated rings. The summed E-state index contributed by atoms with van der Waals surface area (Å²) in [5, 5.41) is 3.54. The van der Waals surface area contributed by atoms with Crippen LogP contribution in [0.1, 0.15) is 52.1 Å². The second-order valence-electron chi connectivity index (χ2n) is 6.12. The standard InChI is InChI=1S/C17H28N2/c1-5-18-14(4)16-8-6-7-9-17(16)19(12-13(2)3)15-10-11-15/h6-9,13-15,18H,5,10-12H2,1-4H3. The SMILES string of the molecule is CCNC(C)c1ccccc1N(CC(C)C)C1CC1. The van der Waals surface area contributed by atoms with E-state index in [4.69, 9.17) is 0 Å². The van der Waals surface area contributed by atoms with Crippen molar-refractivity contribution >= 4 is 5.69 Å². The molecule has 2 heteroatoms. The van der Waals surface area contributed by atoms with Crippen molar-refractivity contribution in [3.63, 3.8) is 0 Å². The number of benzene rings is 1. The van der Waals surface area contributed by atoms with Crippen molar-refractivity contribution < 1.29 is 0 Å². The molecule has 0 radical (unpaired) electrons. The van der Waals surface area contributed by atoms with Gasteiger partial charge >= 0.3 is 0 Å². The second-order valence-corrected chi connectivity index (χ2v) is 6.12. The average Bonchev–Trinajstić information content (AvgIpc) is 3.20. The summed E-state index contributed by atoms with van der Waals surface area (Å²) in [5.41, 5.74) is 2.88. The van der Waals surface area contributed by atoms with Gasteiger partial charge in [-0.3, -0.25) is 0 Å². The first-order chi connectivity index (χ1) is 9.13. The molecule has 1 aliphatic rings. The first-order valence-corrected chi connectivity index (χ1v) is 7.72. The van der Waals surface area contributed by atoms with Gasteiger partial charge in [-0.2, -0.15) is 0 Å². The van der Waals surface area contributed by atoms with Crippen LogP contribution in [0.3, 0.4) is 0 Å². The summed E-state index contributed by atoms with van der Waals surface area (Å²) in [7, 11) is 0. The highest BCUT2D eigenvalue weighted by molar-refractivity contribution is 5.56. The lowest BCUT2D eigenvalue weighted by Gasteiger charge is -2.30. The normalized spacial score (nSPS) is 16.7. The van der Waals surface area contributed by atoms with Crippen LogP contribution in [-0.2, 0) is 0 Å². The lowest BCUT2D eigenvalue weighted by Crippen LogP contribution is -2.32. The molecule has 0 spiro atoms. The van der Waals surface area contributed by atoms with Crippen LogP contribution < -0.4 is 10.2 Å². The first kappa shape index (κ1) is 14.4. The zero-order valence-electron chi connectivity index (χ0n) is 12.8. The molecule has 106 valence electrons. The number of anilines is 1. The summed E-state index contributed by atoms with van der Waals surface area (Å²) in [5.74, 6) is 0.711. The number of hydrogen-bond acceptors (Lipinski definition) is 2. The molecule has 0 aromatic heterocycles. The quantitative estimate of drug-likeness (QED) is 0.797. The molecule has 1 aliphatic carbocycles. The maximum Gasteiger partial charge on any atom is 0.0417 e. The van der Waals surface area contributed by atoms with Gasteiger partial charge in [0.15, 0.2) is 0 Å². The summed E-state index contributed by atoms with van der Waals surface area (Å²) >= 11 is 0. The Balaban J connectivity index is 2.25. The minimum atomic E-state index is 0.426. The molecule has 1 aromatic rings. The van der Waals surface area contributed by atoms with Crippen molar-refractivity contribution in [2.75, 3.05) is 18.0 Å². The topological polar surface area (TPSA) is 15.3 Å². The van der Waals surface area contributed by atoms with E-state index >= 15 is 0 Å². The third-order valence-electron chi connectivity index (χ3n) is 3.77. The summed E-state index contributed by atoms with van der Waals surface area (Å²) in [6.07, 6.45) is 2.72. The van der Waals surface area contributed by atoms with E-state index in [1.165, 1.54) is 30.6 Å². The van der Waals surface area contributed by atoms with Crippen molar-refractivity contribution in [3.05, 3.63) is 29.8 Å². The number of nitrogens with one attached hydrogen (secondary N) is 1. The van der Waals surface area contributed by atoms with Gasteiger partial charge in [-0.1, -0.05) is 39.0 Å². The van der Waals surface area contributed by atoms with E-state index in [2.05, 4.69) is 62.2 Å². The third kappa shape index (κ3) is 3.73. The number of rotatable bonds is 7. The van der Waals surface area contributed by atoms with E-state index in [1.807, 2.05) is 0 Å². The van der Waals surface area contributed by atoms with Crippen molar-refractivity contribution in [3.8, 4) is 0 Å². The lowest BCUT2D eigenvalue weighted by atomic mass is 10.0. The van der Waals surface area contributed by atoms with Gasteiger partial charge < -0.3 is 10.2 Å². The van der Waals surface area contributed by atoms with Crippen LogP contribution in [0.15, 0.2) is 24.3 Å². The van der Waals surface area contributed by atoms with Crippen LogP contribution in [0.25, 0.3) is 0 Å². The maximum atomic E-state index is 3.54. The third-order valence-corrected chi connectivity index (χ3v) is 3.77. The van der Waals surface area contributed by atoms with Crippen LogP contribution in [0, 0.1) is 5.92 Å². The molecule has 0 aliphatic heterocycles. The summed E-state index contributed by atoms with van der Waals surface area (Å²) < 4.78 is 0. The summed E-state index contributed by atoms with van der Waals surface area (Å²) in [6.45, 7) is 11.2. The van der Waals surface area contributed by atoms with Crippen LogP contribution in [0.4, 0.5) is 5.69 Å². The molecule has 1 atom stereocenters. The van der Waals surface area contributed by atoms with Gasteiger partial charge in [0.2, 0.25) is 0 Å². The molecule has 2 rings (SSSR count). The smallest absolute Gasteiger partial charge is 0.0417 e. The van der Waals surface area contributed by atoms with Gasteiger partial charge in [0, 0.05) is 24.3 Å². The van der Waals surface area contributed by atoms with Gasteiger partial charge in [-0.05, 0) is 43.9 Å². The Bertz CT molecular complexity index is 396. The van der Waals surface area contributed by atoms with Crippen LogP contribution in [0.5, 0.6) is 0 Å². The van der Waals surface area contributed by atoms with Crippen molar-refractivity contribution in [2.45, 2.75) is 52.6 Å².